The summed E-state index contributed by atoms with van der Waals surface area (Å²) in [6.45, 7) is 2.47. The van der Waals surface area contributed by atoms with Crippen LogP contribution in [0, 0.1) is 0 Å². The summed E-state index contributed by atoms with van der Waals surface area (Å²) in [5.41, 5.74) is 0.756. The van der Waals surface area contributed by atoms with E-state index in [-0.39, 0.29) is 25.7 Å². The normalized spacial score (nSPS) is 14.6. The first-order valence-electron chi connectivity index (χ1n) is 8.10. The highest BCUT2D eigenvalue weighted by Crippen LogP contribution is 2.16. The molecular formula is C17H22N4O4. The molecule has 0 aromatic heterocycles. The summed E-state index contributed by atoms with van der Waals surface area (Å²) in [4.78, 5) is 51.6. The highest BCUT2D eigenvalue weighted by Gasteiger charge is 2.44. The number of hydrogen-bond acceptors (Lipinski definition) is 5. The van der Waals surface area contributed by atoms with E-state index >= 15 is 0 Å². The van der Waals surface area contributed by atoms with E-state index in [0.29, 0.717) is 6.54 Å². The van der Waals surface area contributed by atoms with Crippen LogP contribution in [0.2, 0.25) is 0 Å². The number of hydrogen-bond donors (Lipinski definition) is 1. The van der Waals surface area contributed by atoms with Crippen LogP contribution >= 0.6 is 0 Å². The van der Waals surface area contributed by atoms with Gasteiger partial charge in [0.15, 0.2) is 0 Å². The zero-order valence-electron chi connectivity index (χ0n) is 14.4. The van der Waals surface area contributed by atoms with Crippen LogP contribution in [0.25, 0.3) is 0 Å². The minimum Gasteiger partial charge on any atom is -0.355 e. The van der Waals surface area contributed by atoms with Crippen molar-refractivity contribution in [2.75, 3.05) is 26.8 Å². The second-order valence-electron chi connectivity index (χ2n) is 5.90. The minimum atomic E-state index is -0.873. The van der Waals surface area contributed by atoms with Gasteiger partial charge in [-0.15, -0.1) is 0 Å². The summed E-state index contributed by atoms with van der Waals surface area (Å²) in [6, 6.07) is 8.30. The Morgan fingerprint density at radius 3 is 2.36 bits per heavy atom. The maximum absolute atomic E-state index is 12.4. The first-order chi connectivity index (χ1) is 11.9. The van der Waals surface area contributed by atoms with E-state index in [1.807, 2.05) is 13.0 Å². The smallest absolute Gasteiger partial charge is 0.335 e. The van der Waals surface area contributed by atoms with Crippen LogP contribution in [0.1, 0.15) is 18.9 Å². The Labute approximate surface area is 146 Å². The summed E-state index contributed by atoms with van der Waals surface area (Å²) < 4.78 is 0. The molecule has 134 valence electrons. The molecule has 0 spiro atoms. The molecular weight excluding hydrogens is 324 g/mol. The van der Waals surface area contributed by atoms with Crippen LogP contribution in [0.15, 0.2) is 30.3 Å². The predicted octanol–water partition coefficient (Wildman–Crippen LogP) is 0.393. The van der Waals surface area contributed by atoms with Crippen LogP contribution in [-0.2, 0) is 20.9 Å². The fourth-order valence-electron chi connectivity index (χ4n) is 2.44. The molecule has 8 heteroatoms. The van der Waals surface area contributed by atoms with Crippen LogP contribution < -0.4 is 5.32 Å². The molecule has 0 aliphatic carbocycles. The fraction of sp³-hybridized carbons (Fsp3) is 0.412. The van der Waals surface area contributed by atoms with E-state index in [1.54, 1.807) is 31.3 Å². The average Bonchev–Trinajstić information content (AvgIpc) is 2.79. The average molecular weight is 346 g/mol. The first kappa shape index (κ1) is 18.6. The molecule has 5 amide bonds. The van der Waals surface area contributed by atoms with Gasteiger partial charge >= 0.3 is 17.8 Å². The Bertz CT molecular complexity index is 662. The molecule has 1 aromatic carbocycles. The summed E-state index contributed by atoms with van der Waals surface area (Å²) >= 11 is 0. The van der Waals surface area contributed by atoms with E-state index < -0.39 is 17.8 Å². The number of benzene rings is 1. The molecule has 1 heterocycles. The third-order valence-corrected chi connectivity index (χ3v) is 3.69. The van der Waals surface area contributed by atoms with Gasteiger partial charge in [0.1, 0.15) is 0 Å². The Balaban J connectivity index is 1.97. The van der Waals surface area contributed by atoms with Gasteiger partial charge in [0.25, 0.3) is 0 Å². The molecule has 1 saturated heterocycles. The molecule has 1 N–H and O–H groups in total. The van der Waals surface area contributed by atoms with Crippen LogP contribution in [-0.4, -0.2) is 65.3 Å². The summed E-state index contributed by atoms with van der Waals surface area (Å²) in [5, 5.41) is 2.71. The molecule has 1 aliphatic rings. The number of likely N-dealkylation sites (N-methyl/N-ethyl adjacent to an activating group) is 1. The van der Waals surface area contributed by atoms with Crippen molar-refractivity contribution in [3.63, 3.8) is 0 Å². The molecule has 25 heavy (non-hydrogen) atoms. The predicted molar refractivity (Wildman–Crippen MR) is 90.0 cm³/mol. The van der Waals surface area contributed by atoms with Crippen molar-refractivity contribution in [3.8, 4) is 0 Å². The SMILES string of the molecule is CCCNC(=O)CN(C)CN1C(=O)C(=O)N(Cc2ccccc2)C1=O. The van der Waals surface area contributed by atoms with Gasteiger partial charge in [-0.1, -0.05) is 37.3 Å². The Morgan fingerprint density at radius 2 is 1.72 bits per heavy atom. The summed E-state index contributed by atoms with van der Waals surface area (Å²) in [6.07, 6.45) is 0.821. The highest BCUT2D eigenvalue weighted by molar-refractivity contribution is 6.44. The van der Waals surface area contributed by atoms with Crippen molar-refractivity contribution in [2.24, 2.45) is 0 Å². The van der Waals surface area contributed by atoms with Gasteiger partial charge in [0, 0.05) is 6.54 Å². The minimum absolute atomic E-state index is 0.0317. The fourth-order valence-corrected chi connectivity index (χ4v) is 2.44. The van der Waals surface area contributed by atoms with E-state index in [2.05, 4.69) is 5.32 Å². The Morgan fingerprint density at radius 1 is 1.08 bits per heavy atom. The maximum atomic E-state index is 12.4. The maximum Gasteiger partial charge on any atom is 0.335 e. The third kappa shape index (κ3) is 4.63. The lowest BCUT2D eigenvalue weighted by molar-refractivity contribution is -0.144. The number of amides is 5. The van der Waals surface area contributed by atoms with Gasteiger partial charge in [0.2, 0.25) is 5.91 Å². The van der Waals surface area contributed by atoms with Gasteiger partial charge in [-0.3, -0.25) is 24.2 Å². The lowest BCUT2D eigenvalue weighted by Gasteiger charge is -2.22. The zero-order valence-corrected chi connectivity index (χ0v) is 14.4. The Kier molecular flexibility index (Phi) is 6.24. The van der Waals surface area contributed by atoms with Gasteiger partial charge in [-0.05, 0) is 19.0 Å². The van der Waals surface area contributed by atoms with E-state index in [9.17, 15) is 19.2 Å². The molecule has 0 atom stereocenters. The van der Waals surface area contributed by atoms with E-state index in [1.165, 1.54) is 4.90 Å². The van der Waals surface area contributed by atoms with Crippen molar-refractivity contribution in [1.29, 1.82) is 0 Å². The number of urea groups is 1. The number of nitrogens with one attached hydrogen (secondary N) is 1. The molecule has 1 fully saturated rings. The van der Waals surface area contributed by atoms with Gasteiger partial charge in [-0.2, -0.15) is 0 Å². The standard InChI is InChI=1S/C17H22N4O4/c1-3-9-18-14(22)11-19(2)12-21-16(24)15(23)20(17(21)25)10-13-7-5-4-6-8-13/h4-8H,3,9-12H2,1-2H3,(H,18,22). The second-order valence-corrected chi connectivity index (χ2v) is 5.90. The molecule has 0 radical (unpaired) electrons. The van der Waals surface area contributed by atoms with Crippen molar-refractivity contribution in [1.82, 2.24) is 20.0 Å². The number of rotatable bonds is 8. The van der Waals surface area contributed by atoms with Gasteiger partial charge in [0.05, 0.1) is 19.8 Å². The molecule has 2 rings (SSSR count). The topological polar surface area (TPSA) is 90.0 Å². The third-order valence-electron chi connectivity index (χ3n) is 3.69. The molecule has 0 unspecified atom stereocenters. The molecule has 1 aromatic rings. The Hall–Kier alpha value is -2.74. The first-order valence-corrected chi connectivity index (χ1v) is 8.10. The van der Waals surface area contributed by atoms with E-state index in [4.69, 9.17) is 0 Å². The number of carbonyl (C=O) groups is 4. The molecule has 1 aliphatic heterocycles. The number of nitrogens with zero attached hydrogens (tertiary/aromatic N) is 3. The largest absolute Gasteiger partial charge is 0.355 e. The second kappa shape index (κ2) is 8.39. The van der Waals surface area contributed by atoms with Crippen molar-refractivity contribution >= 4 is 23.8 Å². The lowest BCUT2D eigenvalue weighted by atomic mass is 10.2. The molecule has 8 nitrogen and oxygen atoms in total. The summed E-state index contributed by atoms with van der Waals surface area (Å²) in [5.74, 6) is -1.92. The zero-order chi connectivity index (χ0) is 18.4. The van der Waals surface area contributed by atoms with Gasteiger partial charge < -0.3 is 5.32 Å². The molecule has 0 saturated carbocycles. The number of carbonyl (C=O) groups excluding carboxylic acids is 4. The lowest BCUT2D eigenvalue weighted by Crippen LogP contribution is -2.44. The number of imide groups is 2. The van der Waals surface area contributed by atoms with Crippen molar-refractivity contribution in [3.05, 3.63) is 35.9 Å². The summed E-state index contributed by atoms with van der Waals surface area (Å²) in [7, 11) is 1.61. The highest BCUT2D eigenvalue weighted by atomic mass is 16.2. The van der Waals surface area contributed by atoms with Crippen molar-refractivity contribution in [2.45, 2.75) is 19.9 Å². The van der Waals surface area contributed by atoms with E-state index in [0.717, 1.165) is 21.8 Å². The van der Waals surface area contributed by atoms with Crippen LogP contribution in [0.3, 0.4) is 0 Å². The monoisotopic (exact) mass is 346 g/mol. The van der Waals surface area contributed by atoms with Crippen LogP contribution in [0.4, 0.5) is 4.79 Å². The molecule has 0 bridgehead atoms. The quantitative estimate of drug-likeness (QED) is 0.543. The van der Waals surface area contributed by atoms with Crippen LogP contribution in [0.5, 0.6) is 0 Å². The van der Waals surface area contributed by atoms with Crippen molar-refractivity contribution < 1.29 is 19.2 Å². The van der Waals surface area contributed by atoms with Gasteiger partial charge in [-0.25, -0.2) is 9.69 Å².